The van der Waals surface area contributed by atoms with Gasteiger partial charge in [0.2, 0.25) is 0 Å². The Balaban J connectivity index is 2.70. The van der Waals surface area contributed by atoms with Crippen molar-refractivity contribution in [1.82, 2.24) is 15.1 Å². The van der Waals surface area contributed by atoms with Crippen molar-refractivity contribution in [2.75, 3.05) is 26.0 Å². The normalized spacial score (nSPS) is 12.5. The summed E-state index contributed by atoms with van der Waals surface area (Å²) >= 11 is 0. The van der Waals surface area contributed by atoms with Crippen LogP contribution in [-0.4, -0.2) is 52.9 Å². The van der Waals surface area contributed by atoms with E-state index in [1.54, 1.807) is 0 Å². The molecule has 1 aromatic rings. The van der Waals surface area contributed by atoms with Crippen LogP contribution in [0.3, 0.4) is 0 Å². The predicted octanol–water partition coefficient (Wildman–Crippen LogP) is 0.537. The van der Waals surface area contributed by atoms with E-state index in [4.69, 9.17) is 5.11 Å². The molecule has 88 valence electrons. The fraction of sp³-hybridized carbons (Fsp3) is 0.500. The maximum atomic E-state index is 10.9. The van der Waals surface area contributed by atoms with Gasteiger partial charge in [-0.05, 0) is 27.1 Å². The van der Waals surface area contributed by atoms with Crippen molar-refractivity contribution in [3.63, 3.8) is 0 Å². The molecule has 16 heavy (non-hydrogen) atoms. The highest BCUT2D eigenvalue weighted by molar-refractivity contribution is 5.92. The molecule has 0 amide bonds. The Kier molecular flexibility index (Phi) is 4.19. The lowest BCUT2D eigenvalue weighted by Crippen LogP contribution is -2.32. The van der Waals surface area contributed by atoms with Crippen LogP contribution < -0.4 is 5.32 Å². The minimum atomic E-state index is -1.00. The highest BCUT2D eigenvalue weighted by atomic mass is 16.4. The highest BCUT2D eigenvalue weighted by Gasteiger charge is 2.12. The van der Waals surface area contributed by atoms with Crippen LogP contribution in [0.4, 0.5) is 5.82 Å². The number of nitrogens with one attached hydrogen (secondary N) is 1. The molecule has 0 aliphatic carbocycles. The van der Waals surface area contributed by atoms with Crippen molar-refractivity contribution in [3.8, 4) is 0 Å². The van der Waals surface area contributed by atoms with Gasteiger partial charge in [0.25, 0.3) is 0 Å². The van der Waals surface area contributed by atoms with E-state index in [-0.39, 0.29) is 11.6 Å². The SMILES string of the molecule is CC(CNc1nnccc1C(=O)O)N(C)C. The molecule has 6 nitrogen and oxygen atoms in total. The molecule has 0 bridgehead atoms. The van der Waals surface area contributed by atoms with Gasteiger partial charge in [-0.3, -0.25) is 0 Å². The van der Waals surface area contributed by atoms with E-state index in [9.17, 15) is 4.79 Å². The fourth-order valence-electron chi connectivity index (χ4n) is 1.06. The minimum absolute atomic E-state index is 0.140. The van der Waals surface area contributed by atoms with Gasteiger partial charge in [-0.1, -0.05) is 0 Å². The predicted molar refractivity (Wildman–Crippen MR) is 60.6 cm³/mol. The number of carbonyl (C=O) groups is 1. The number of aromatic nitrogens is 2. The Morgan fingerprint density at radius 3 is 2.88 bits per heavy atom. The van der Waals surface area contributed by atoms with Crippen molar-refractivity contribution in [2.24, 2.45) is 0 Å². The van der Waals surface area contributed by atoms with E-state index in [1.807, 2.05) is 25.9 Å². The van der Waals surface area contributed by atoms with Crippen LogP contribution in [-0.2, 0) is 0 Å². The zero-order valence-corrected chi connectivity index (χ0v) is 9.64. The van der Waals surface area contributed by atoms with Gasteiger partial charge in [0.05, 0.1) is 6.20 Å². The third-order valence-electron chi connectivity index (χ3n) is 2.40. The van der Waals surface area contributed by atoms with E-state index in [2.05, 4.69) is 15.5 Å². The van der Waals surface area contributed by atoms with Crippen molar-refractivity contribution in [1.29, 1.82) is 0 Å². The molecule has 0 spiro atoms. The number of carboxylic acids is 1. The van der Waals surface area contributed by atoms with Gasteiger partial charge in [-0.15, -0.1) is 5.10 Å². The van der Waals surface area contributed by atoms with Crippen LogP contribution in [0.2, 0.25) is 0 Å². The molecule has 0 aliphatic rings. The molecular weight excluding hydrogens is 208 g/mol. The summed E-state index contributed by atoms with van der Waals surface area (Å²) in [6.45, 7) is 2.65. The van der Waals surface area contributed by atoms with Crippen LogP contribution in [0.25, 0.3) is 0 Å². The van der Waals surface area contributed by atoms with Gasteiger partial charge in [-0.25, -0.2) is 4.79 Å². The van der Waals surface area contributed by atoms with Gasteiger partial charge in [0.15, 0.2) is 5.82 Å². The second-order valence-electron chi connectivity index (χ2n) is 3.79. The van der Waals surface area contributed by atoms with Crippen molar-refractivity contribution in [2.45, 2.75) is 13.0 Å². The quantitative estimate of drug-likeness (QED) is 0.760. The van der Waals surface area contributed by atoms with Gasteiger partial charge < -0.3 is 15.3 Å². The molecular formula is C10H16N4O2. The molecule has 1 atom stereocenters. The molecule has 1 rings (SSSR count). The molecule has 0 aliphatic heterocycles. The number of rotatable bonds is 5. The summed E-state index contributed by atoms with van der Waals surface area (Å²) in [6, 6.07) is 1.71. The summed E-state index contributed by atoms with van der Waals surface area (Å²) in [7, 11) is 3.92. The summed E-state index contributed by atoms with van der Waals surface area (Å²) in [5.41, 5.74) is 0.140. The third-order valence-corrected chi connectivity index (χ3v) is 2.40. The number of anilines is 1. The Bertz CT molecular complexity index is 368. The maximum absolute atomic E-state index is 10.9. The minimum Gasteiger partial charge on any atom is -0.478 e. The molecule has 6 heteroatoms. The van der Waals surface area contributed by atoms with Crippen LogP contribution in [0, 0.1) is 0 Å². The number of carboxylic acid groups (broad SMARTS) is 1. The first-order valence-electron chi connectivity index (χ1n) is 4.97. The Hall–Kier alpha value is -1.69. The molecule has 2 N–H and O–H groups in total. The van der Waals surface area contributed by atoms with E-state index in [0.717, 1.165) is 0 Å². The Labute approximate surface area is 94.3 Å². The molecule has 0 radical (unpaired) electrons. The monoisotopic (exact) mass is 224 g/mol. The standard InChI is InChI=1S/C10H16N4O2/c1-7(14(2)3)6-11-9-8(10(15)16)4-5-12-13-9/h4-5,7H,6H2,1-3H3,(H,11,13)(H,15,16). The first-order chi connectivity index (χ1) is 7.52. The molecule has 0 saturated heterocycles. The summed E-state index contributed by atoms with van der Waals surface area (Å²) in [5.74, 6) is -0.696. The van der Waals surface area contributed by atoms with Gasteiger partial charge >= 0.3 is 5.97 Å². The highest BCUT2D eigenvalue weighted by Crippen LogP contribution is 2.10. The maximum Gasteiger partial charge on any atom is 0.339 e. The molecule has 0 aromatic carbocycles. The van der Waals surface area contributed by atoms with Crippen LogP contribution in [0.1, 0.15) is 17.3 Å². The van der Waals surface area contributed by atoms with Crippen molar-refractivity contribution < 1.29 is 9.90 Å². The smallest absolute Gasteiger partial charge is 0.339 e. The summed E-state index contributed by atoms with van der Waals surface area (Å²) in [5, 5.41) is 19.3. The lowest BCUT2D eigenvalue weighted by molar-refractivity contribution is 0.0697. The second kappa shape index (κ2) is 5.41. The first-order valence-corrected chi connectivity index (χ1v) is 4.97. The lowest BCUT2D eigenvalue weighted by atomic mass is 10.2. The summed E-state index contributed by atoms with van der Waals surface area (Å²) < 4.78 is 0. The Morgan fingerprint density at radius 1 is 1.62 bits per heavy atom. The van der Waals surface area contributed by atoms with Crippen LogP contribution in [0.15, 0.2) is 12.3 Å². The second-order valence-corrected chi connectivity index (χ2v) is 3.79. The van der Waals surface area contributed by atoms with E-state index in [0.29, 0.717) is 12.4 Å². The molecule has 1 heterocycles. The van der Waals surface area contributed by atoms with E-state index < -0.39 is 5.97 Å². The zero-order chi connectivity index (χ0) is 12.1. The van der Waals surface area contributed by atoms with Gasteiger partial charge in [0.1, 0.15) is 5.56 Å². The van der Waals surface area contributed by atoms with E-state index >= 15 is 0 Å². The molecule has 0 saturated carbocycles. The average molecular weight is 224 g/mol. The topological polar surface area (TPSA) is 78.3 Å². The molecule has 0 fully saturated rings. The lowest BCUT2D eigenvalue weighted by Gasteiger charge is -2.20. The number of hydrogen-bond donors (Lipinski definition) is 2. The third kappa shape index (κ3) is 3.16. The average Bonchev–Trinajstić information content (AvgIpc) is 2.25. The van der Waals surface area contributed by atoms with Gasteiger partial charge in [-0.2, -0.15) is 5.10 Å². The fourth-order valence-corrected chi connectivity index (χ4v) is 1.06. The number of hydrogen-bond acceptors (Lipinski definition) is 5. The largest absolute Gasteiger partial charge is 0.478 e. The van der Waals surface area contributed by atoms with Gasteiger partial charge in [0, 0.05) is 12.6 Å². The molecule has 1 aromatic heterocycles. The summed E-state index contributed by atoms with van der Waals surface area (Å²) in [6.07, 6.45) is 1.37. The number of likely N-dealkylation sites (N-methyl/N-ethyl adjacent to an activating group) is 1. The number of nitrogens with zero attached hydrogens (tertiary/aromatic N) is 3. The molecule has 1 unspecified atom stereocenters. The number of aromatic carboxylic acids is 1. The summed E-state index contributed by atoms with van der Waals surface area (Å²) in [4.78, 5) is 12.9. The van der Waals surface area contributed by atoms with Crippen molar-refractivity contribution in [3.05, 3.63) is 17.8 Å². The first kappa shape index (κ1) is 12.4. The van der Waals surface area contributed by atoms with E-state index in [1.165, 1.54) is 12.3 Å². The van der Waals surface area contributed by atoms with Crippen LogP contribution in [0.5, 0.6) is 0 Å². The van der Waals surface area contributed by atoms with Crippen LogP contribution >= 0.6 is 0 Å². The van der Waals surface area contributed by atoms with Crippen molar-refractivity contribution >= 4 is 11.8 Å². The Morgan fingerprint density at radius 2 is 2.31 bits per heavy atom. The zero-order valence-electron chi connectivity index (χ0n) is 9.64.